The van der Waals surface area contributed by atoms with Crippen LogP contribution in [0.2, 0.25) is 6.82 Å². The topological polar surface area (TPSA) is 47.9 Å². The Hall–Kier alpha value is -0.0301. The van der Waals surface area contributed by atoms with Gasteiger partial charge in [-0.1, -0.05) is 6.82 Å². The molecule has 0 aromatic carbocycles. The molecule has 0 aliphatic carbocycles. The van der Waals surface area contributed by atoms with Crippen molar-refractivity contribution in [2.45, 2.75) is 84.6 Å². The highest BCUT2D eigenvalue weighted by Crippen LogP contribution is 2.38. The van der Waals surface area contributed by atoms with Crippen LogP contribution in [0.1, 0.15) is 55.4 Å². The van der Waals surface area contributed by atoms with Crippen LogP contribution in [0.25, 0.3) is 0 Å². The molecule has 19 heavy (non-hydrogen) atoms. The summed E-state index contributed by atoms with van der Waals surface area (Å²) in [6.45, 7) is 16.9. The van der Waals surface area contributed by atoms with Crippen LogP contribution >= 0.6 is 0 Å². The summed E-state index contributed by atoms with van der Waals surface area (Å²) in [5.41, 5.74) is -2.36. The minimum atomic E-state index is -0.940. The number of rotatable bonds is 4. The fourth-order valence-electron chi connectivity index (χ4n) is 1.74. The predicted octanol–water partition coefficient (Wildman–Crippen LogP) is 2.34. The van der Waals surface area contributed by atoms with Crippen molar-refractivity contribution in [2.24, 2.45) is 0 Å². The van der Waals surface area contributed by atoms with E-state index in [1.165, 1.54) is 0 Å². The smallest absolute Gasteiger partial charge is 0.429 e. The van der Waals surface area contributed by atoms with Gasteiger partial charge in [-0.3, -0.25) is 0 Å². The predicted molar refractivity (Wildman–Crippen MR) is 79.2 cm³/mol. The molecule has 1 N–H and O–H groups in total. The first-order valence-electron chi connectivity index (χ1n) is 6.95. The van der Waals surface area contributed by atoms with E-state index in [1.54, 1.807) is 13.8 Å². The van der Waals surface area contributed by atoms with Crippen LogP contribution in [0.4, 0.5) is 0 Å². The van der Waals surface area contributed by atoms with E-state index in [2.05, 4.69) is 0 Å². The minimum Gasteiger partial charge on any atom is -0.429 e. The second kappa shape index (κ2) is 4.76. The van der Waals surface area contributed by atoms with Gasteiger partial charge in [0.25, 0.3) is 0 Å². The third kappa shape index (κ3) is 3.35. The Kier molecular flexibility index (Phi) is 4.27. The van der Waals surface area contributed by atoms with Crippen LogP contribution in [-0.4, -0.2) is 41.3 Å². The van der Waals surface area contributed by atoms with E-state index in [4.69, 9.17) is 14.0 Å². The maximum absolute atomic E-state index is 10.1. The standard InChI is InChI=1S/C13H28B2O4/c1-10(2,16)11(3,4)17-14(9)15-18-12(5,6)13(7,8)19-15/h16H,1-9H3. The summed E-state index contributed by atoms with van der Waals surface area (Å²) in [4.78, 5) is 0. The molecule has 0 radical (unpaired) electrons. The summed E-state index contributed by atoms with van der Waals surface area (Å²) >= 11 is 0. The van der Waals surface area contributed by atoms with E-state index in [-0.39, 0.29) is 18.0 Å². The molecule has 0 aromatic heterocycles. The van der Waals surface area contributed by atoms with Gasteiger partial charge in [0.15, 0.2) is 0 Å². The molecule has 1 saturated heterocycles. The molecule has 4 nitrogen and oxygen atoms in total. The fraction of sp³-hybridized carbons (Fsp3) is 1.00. The lowest BCUT2D eigenvalue weighted by atomic mass is 9.37. The zero-order chi connectivity index (χ0) is 15.3. The molecule has 0 aromatic rings. The summed E-state index contributed by atoms with van der Waals surface area (Å²) < 4.78 is 17.9. The Morgan fingerprint density at radius 2 is 1.37 bits per heavy atom. The highest BCUT2D eigenvalue weighted by atomic mass is 16.7. The van der Waals surface area contributed by atoms with Gasteiger partial charge in [0.2, 0.25) is 0 Å². The van der Waals surface area contributed by atoms with Crippen LogP contribution in [0.3, 0.4) is 0 Å². The van der Waals surface area contributed by atoms with Crippen LogP contribution in [0.15, 0.2) is 0 Å². The van der Waals surface area contributed by atoms with Gasteiger partial charge < -0.3 is 19.1 Å². The van der Waals surface area contributed by atoms with E-state index in [9.17, 15) is 5.11 Å². The summed E-state index contributed by atoms with van der Waals surface area (Å²) in [6.07, 6.45) is 0. The third-order valence-electron chi connectivity index (χ3n) is 4.61. The molecule has 0 bridgehead atoms. The lowest BCUT2D eigenvalue weighted by Gasteiger charge is -2.39. The molecule has 1 aliphatic rings. The first-order valence-corrected chi connectivity index (χ1v) is 6.95. The van der Waals surface area contributed by atoms with Crippen molar-refractivity contribution in [1.82, 2.24) is 0 Å². The Morgan fingerprint density at radius 3 is 1.68 bits per heavy atom. The molecule has 1 heterocycles. The fourth-order valence-corrected chi connectivity index (χ4v) is 1.74. The zero-order valence-electron chi connectivity index (χ0n) is 13.8. The summed E-state index contributed by atoms with van der Waals surface area (Å²) in [5.74, 6) is 0. The molecule has 0 spiro atoms. The molecule has 0 saturated carbocycles. The normalized spacial score (nSPS) is 22.7. The van der Waals surface area contributed by atoms with Gasteiger partial charge in [0.1, 0.15) is 0 Å². The SMILES string of the molecule is CB(OC(C)(C)C(C)(C)O)B1OC(C)(C)C(C)(C)O1. The third-order valence-corrected chi connectivity index (χ3v) is 4.61. The zero-order valence-corrected chi connectivity index (χ0v) is 13.8. The Balaban J connectivity index is 2.75. The first-order chi connectivity index (χ1) is 8.20. The van der Waals surface area contributed by atoms with Crippen LogP contribution in [0.5, 0.6) is 0 Å². The molecule has 0 unspecified atom stereocenters. The number of aliphatic hydroxyl groups is 1. The lowest BCUT2D eigenvalue weighted by molar-refractivity contribution is -0.0919. The highest BCUT2D eigenvalue weighted by molar-refractivity contribution is 7.13. The lowest BCUT2D eigenvalue weighted by Crippen LogP contribution is -2.53. The van der Waals surface area contributed by atoms with Crippen LogP contribution in [-0.2, 0) is 14.0 Å². The maximum Gasteiger partial charge on any atom is 0.446 e. The highest BCUT2D eigenvalue weighted by Gasteiger charge is 2.55. The van der Waals surface area contributed by atoms with Crippen LogP contribution in [0, 0.1) is 0 Å². The van der Waals surface area contributed by atoms with Gasteiger partial charge in [0.05, 0.1) is 22.4 Å². The molecular weight excluding hydrogens is 242 g/mol. The largest absolute Gasteiger partial charge is 0.446 e. The van der Waals surface area contributed by atoms with E-state index in [0.717, 1.165) is 0 Å². The Morgan fingerprint density at radius 1 is 1.00 bits per heavy atom. The minimum absolute atomic E-state index is 0.262. The molecule has 0 amide bonds. The average molecular weight is 270 g/mol. The van der Waals surface area contributed by atoms with Crippen molar-refractivity contribution in [3.8, 4) is 0 Å². The van der Waals surface area contributed by atoms with Gasteiger partial charge >= 0.3 is 13.8 Å². The second-order valence-corrected chi connectivity index (χ2v) is 7.52. The molecule has 1 rings (SSSR count). The molecule has 1 aliphatic heterocycles. The van der Waals surface area contributed by atoms with Gasteiger partial charge in [-0.2, -0.15) is 0 Å². The van der Waals surface area contributed by atoms with Crippen molar-refractivity contribution in [1.29, 1.82) is 0 Å². The Labute approximate surface area is 118 Å². The first kappa shape index (κ1) is 17.0. The number of hydrogen-bond acceptors (Lipinski definition) is 4. The second-order valence-electron chi connectivity index (χ2n) is 7.52. The van der Waals surface area contributed by atoms with Crippen molar-refractivity contribution >= 4 is 13.8 Å². The molecule has 1 fully saturated rings. The van der Waals surface area contributed by atoms with Gasteiger partial charge in [0, 0.05) is 0 Å². The summed E-state index contributed by atoms with van der Waals surface area (Å²) in [6, 6.07) is 0. The molecule has 6 heteroatoms. The van der Waals surface area contributed by atoms with Crippen molar-refractivity contribution < 1.29 is 19.1 Å². The van der Waals surface area contributed by atoms with Crippen LogP contribution < -0.4 is 0 Å². The number of hydrogen-bond donors (Lipinski definition) is 1. The van der Waals surface area contributed by atoms with Gasteiger partial charge in [-0.25, -0.2) is 0 Å². The van der Waals surface area contributed by atoms with E-state index < -0.39 is 18.2 Å². The van der Waals surface area contributed by atoms with Crippen molar-refractivity contribution in [3.63, 3.8) is 0 Å². The summed E-state index contributed by atoms with van der Waals surface area (Å²) in [7, 11) is -0.424. The van der Waals surface area contributed by atoms with Gasteiger partial charge in [-0.15, -0.1) is 0 Å². The average Bonchev–Trinajstić information content (AvgIpc) is 2.33. The van der Waals surface area contributed by atoms with E-state index >= 15 is 0 Å². The molecule has 0 atom stereocenters. The van der Waals surface area contributed by atoms with Crippen molar-refractivity contribution in [2.75, 3.05) is 0 Å². The van der Waals surface area contributed by atoms with Gasteiger partial charge in [-0.05, 0) is 55.4 Å². The molecule has 110 valence electrons. The summed E-state index contributed by atoms with van der Waals surface area (Å²) in [5, 5.41) is 10.1. The van der Waals surface area contributed by atoms with E-state index in [0.29, 0.717) is 0 Å². The van der Waals surface area contributed by atoms with Crippen molar-refractivity contribution in [3.05, 3.63) is 0 Å². The molecular formula is C13H28B2O4. The quantitative estimate of drug-likeness (QED) is 0.796. The monoisotopic (exact) mass is 270 g/mol. The van der Waals surface area contributed by atoms with E-state index in [1.807, 2.05) is 48.4 Å². The maximum atomic E-state index is 10.1. The Bertz CT molecular complexity index is 318.